The molecule has 2 heterocycles. The third-order valence-electron chi connectivity index (χ3n) is 6.62. The van der Waals surface area contributed by atoms with E-state index in [2.05, 4.69) is 22.0 Å². The van der Waals surface area contributed by atoms with Gasteiger partial charge >= 0.3 is 0 Å². The molecule has 39 heavy (non-hydrogen) atoms. The molecule has 4 N–H and O–H groups in total. The van der Waals surface area contributed by atoms with Crippen LogP contribution in [-0.4, -0.2) is 55.5 Å². The highest BCUT2D eigenvalue weighted by Crippen LogP contribution is 2.34. The third kappa shape index (κ3) is 7.00. The smallest absolute Gasteiger partial charge is 0.227 e. The van der Waals surface area contributed by atoms with E-state index in [9.17, 15) is 0 Å². The zero-order chi connectivity index (χ0) is 25.6. The second-order valence-electron chi connectivity index (χ2n) is 8.98. The molecule has 1 fully saturated rings. The predicted molar refractivity (Wildman–Crippen MR) is 155 cm³/mol. The van der Waals surface area contributed by atoms with E-state index < -0.39 is 0 Å². The second-order valence-corrected chi connectivity index (χ2v) is 8.98. The molecular weight excluding hydrogens is 520 g/mol. The van der Waals surface area contributed by atoms with Gasteiger partial charge in [-0.1, -0.05) is 48.5 Å². The molecule has 0 bridgehead atoms. The number of halogens is 1. The number of methoxy groups -OCH3 is 2. The lowest BCUT2D eigenvalue weighted by atomic mass is 10.1. The fourth-order valence-corrected chi connectivity index (χ4v) is 4.60. The molecule has 3 aromatic carbocycles. The van der Waals surface area contributed by atoms with Crippen LogP contribution in [0.15, 0.2) is 72.8 Å². The lowest BCUT2D eigenvalue weighted by molar-refractivity contribution is -0.0453. The molecule has 1 aliphatic rings. The number of piperidine rings is 1. The molecule has 5 rings (SSSR count). The van der Waals surface area contributed by atoms with E-state index in [0.717, 1.165) is 48.1 Å². The average Bonchev–Trinajstić information content (AvgIpc) is 2.96. The first-order chi connectivity index (χ1) is 18.1. The van der Waals surface area contributed by atoms with Gasteiger partial charge < -0.3 is 35.1 Å². The predicted octanol–water partition coefficient (Wildman–Crippen LogP) is 4.63. The first-order valence-electron chi connectivity index (χ1n) is 12.5. The summed E-state index contributed by atoms with van der Waals surface area (Å²) in [7, 11) is 3.20. The normalized spacial score (nSPS) is 14.2. The zero-order valence-electron chi connectivity index (χ0n) is 22.1. The van der Waals surface area contributed by atoms with Crippen LogP contribution in [0.3, 0.4) is 0 Å². The van der Waals surface area contributed by atoms with Gasteiger partial charge in [-0.2, -0.15) is 4.98 Å². The van der Waals surface area contributed by atoms with E-state index in [0.29, 0.717) is 29.9 Å². The summed E-state index contributed by atoms with van der Waals surface area (Å²) in [6, 6.07) is 23.7. The Balaban J connectivity index is 0.00000210. The van der Waals surface area contributed by atoms with Crippen LogP contribution in [0.5, 0.6) is 17.2 Å². The molecule has 0 amide bonds. The minimum absolute atomic E-state index is 0. The number of anilines is 2. The molecule has 1 aromatic heterocycles. The molecule has 9 nitrogen and oxygen atoms in total. The van der Waals surface area contributed by atoms with Gasteiger partial charge in [0.2, 0.25) is 5.95 Å². The van der Waals surface area contributed by atoms with Crippen LogP contribution in [0.4, 0.5) is 11.8 Å². The van der Waals surface area contributed by atoms with Crippen LogP contribution < -0.4 is 24.8 Å². The van der Waals surface area contributed by atoms with Crippen molar-refractivity contribution in [2.75, 3.05) is 44.5 Å². The minimum atomic E-state index is -0.159. The average molecular weight is 555 g/mol. The van der Waals surface area contributed by atoms with Crippen LogP contribution in [0.25, 0.3) is 10.9 Å². The SMILES string of the molecule is COc1cc2nc(N3CCC(OC(COc4ccccc4)c4ccccc4)CC3)nc(N)c2cc1OC.Cl.O. The van der Waals surface area contributed by atoms with Crippen molar-refractivity contribution >= 4 is 35.1 Å². The summed E-state index contributed by atoms with van der Waals surface area (Å²) in [5.74, 6) is 3.07. The molecule has 1 unspecified atom stereocenters. The molecule has 1 aliphatic heterocycles. The van der Waals surface area contributed by atoms with Crippen molar-refractivity contribution in [3.05, 3.63) is 78.4 Å². The van der Waals surface area contributed by atoms with Crippen LogP contribution in [-0.2, 0) is 4.74 Å². The van der Waals surface area contributed by atoms with Gasteiger partial charge in [-0.25, -0.2) is 4.98 Å². The number of fused-ring (bicyclic) bond motifs is 1. The van der Waals surface area contributed by atoms with Gasteiger partial charge in [0.25, 0.3) is 0 Å². The van der Waals surface area contributed by atoms with Crippen molar-refractivity contribution < 1.29 is 24.4 Å². The second kappa shape index (κ2) is 13.8. The fraction of sp³-hybridized carbons (Fsp3) is 0.310. The van der Waals surface area contributed by atoms with Gasteiger partial charge in [0.1, 0.15) is 24.3 Å². The first kappa shape index (κ1) is 29.8. The number of aromatic nitrogens is 2. The largest absolute Gasteiger partial charge is 0.493 e. The van der Waals surface area contributed by atoms with Gasteiger partial charge in [-0.3, -0.25) is 0 Å². The molecule has 0 saturated carbocycles. The Labute approximate surface area is 234 Å². The molecule has 1 atom stereocenters. The number of rotatable bonds is 9. The van der Waals surface area contributed by atoms with Crippen molar-refractivity contribution in [3.63, 3.8) is 0 Å². The molecule has 0 radical (unpaired) electrons. The summed E-state index contributed by atoms with van der Waals surface area (Å²) in [5, 5.41) is 0.740. The highest BCUT2D eigenvalue weighted by Gasteiger charge is 2.26. The topological polar surface area (TPSA) is 123 Å². The first-order valence-corrected chi connectivity index (χ1v) is 12.5. The van der Waals surface area contributed by atoms with Crippen molar-refractivity contribution in [1.82, 2.24) is 9.97 Å². The quantitative estimate of drug-likeness (QED) is 0.317. The lowest BCUT2D eigenvalue weighted by Crippen LogP contribution is -2.39. The minimum Gasteiger partial charge on any atom is -0.493 e. The summed E-state index contributed by atoms with van der Waals surface area (Å²) in [6.45, 7) is 1.98. The number of nitrogen functional groups attached to an aromatic ring is 1. The van der Waals surface area contributed by atoms with E-state index in [1.807, 2.05) is 60.7 Å². The number of ether oxygens (including phenoxy) is 4. The molecular formula is C29H35ClN4O5. The van der Waals surface area contributed by atoms with Gasteiger partial charge in [-0.15, -0.1) is 12.4 Å². The summed E-state index contributed by atoms with van der Waals surface area (Å²) in [4.78, 5) is 11.5. The number of para-hydroxylation sites is 1. The molecule has 0 aliphatic carbocycles. The Morgan fingerprint density at radius 3 is 2.15 bits per heavy atom. The van der Waals surface area contributed by atoms with Gasteiger partial charge in [0.15, 0.2) is 11.5 Å². The summed E-state index contributed by atoms with van der Waals surface area (Å²) in [6.07, 6.45) is 1.64. The summed E-state index contributed by atoms with van der Waals surface area (Å²) in [5.41, 5.74) is 8.14. The molecule has 0 spiro atoms. The maximum Gasteiger partial charge on any atom is 0.227 e. The Morgan fingerprint density at radius 2 is 1.51 bits per heavy atom. The number of nitrogens with two attached hydrogens (primary N) is 1. The van der Waals surface area contributed by atoms with E-state index in [1.54, 1.807) is 14.2 Å². The van der Waals surface area contributed by atoms with E-state index in [-0.39, 0.29) is 30.1 Å². The molecule has 208 valence electrons. The third-order valence-corrected chi connectivity index (χ3v) is 6.62. The van der Waals surface area contributed by atoms with Crippen LogP contribution in [0.1, 0.15) is 24.5 Å². The molecule has 4 aromatic rings. The van der Waals surface area contributed by atoms with Crippen molar-refractivity contribution in [1.29, 1.82) is 0 Å². The van der Waals surface area contributed by atoms with Gasteiger partial charge in [0, 0.05) is 24.5 Å². The maximum atomic E-state index is 6.59. The van der Waals surface area contributed by atoms with Crippen molar-refractivity contribution in [3.8, 4) is 17.2 Å². The van der Waals surface area contributed by atoms with Gasteiger partial charge in [-0.05, 0) is 36.6 Å². The van der Waals surface area contributed by atoms with Gasteiger partial charge in [0.05, 0.1) is 25.8 Å². The molecule has 10 heteroatoms. The Morgan fingerprint density at radius 1 is 0.897 bits per heavy atom. The monoisotopic (exact) mass is 554 g/mol. The molecule has 1 saturated heterocycles. The highest BCUT2D eigenvalue weighted by atomic mass is 35.5. The zero-order valence-corrected chi connectivity index (χ0v) is 22.9. The number of hydrogen-bond donors (Lipinski definition) is 1. The highest BCUT2D eigenvalue weighted by molar-refractivity contribution is 5.91. The van der Waals surface area contributed by atoms with Crippen molar-refractivity contribution in [2.45, 2.75) is 25.0 Å². The number of nitrogens with zero attached hydrogens (tertiary/aromatic N) is 3. The standard InChI is InChI=1S/C29H32N4O4.ClH.H2O/c1-34-25-17-23-24(18-26(25)35-2)31-29(32-28(23)30)33-15-13-22(14-16-33)37-27(20-9-5-3-6-10-20)19-36-21-11-7-4-8-12-21;;/h3-12,17-18,22,27H,13-16,19H2,1-2H3,(H2,30,31,32);1H;1H2. The van der Waals surface area contributed by atoms with Crippen molar-refractivity contribution in [2.24, 2.45) is 0 Å². The summed E-state index contributed by atoms with van der Waals surface area (Å²) >= 11 is 0. The number of benzene rings is 3. The van der Waals surface area contributed by atoms with Crippen LogP contribution in [0.2, 0.25) is 0 Å². The Hall–Kier alpha value is -3.79. The van der Waals surface area contributed by atoms with E-state index in [4.69, 9.17) is 29.7 Å². The van der Waals surface area contributed by atoms with E-state index >= 15 is 0 Å². The summed E-state index contributed by atoms with van der Waals surface area (Å²) < 4.78 is 23.5. The van der Waals surface area contributed by atoms with E-state index in [1.165, 1.54) is 0 Å². The maximum absolute atomic E-state index is 6.59. The Kier molecular flexibility index (Phi) is 10.6. The number of hydrogen-bond acceptors (Lipinski definition) is 8. The lowest BCUT2D eigenvalue weighted by Gasteiger charge is -2.34. The fourth-order valence-electron chi connectivity index (χ4n) is 4.60. The van der Waals surface area contributed by atoms with Crippen LogP contribution in [0, 0.1) is 0 Å². The van der Waals surface area contributed by atoms with Crippen LogP contribution >= 0.6 is 12.4 Å². The Bertz CT molecular complexity index is 1320.